The number of rotatable bonds is 6. The van der Waals surface area contributed by atoms with Crippen LogP contribution in [0.15, 0.2) is 40.9 Å². The van der Waals surface area contributed by atoms with Gasteiger partial charge in [0.1, 0.15) is 0 Å². The molecular formula is C19H17BrN2O4. The number of hydrogen-bond donors (Lipinski definition) is 2. The van der Waals surface area contributed by atoms with Crippen LogP contribution in [-0.4, -0.2) is 25.0 Å². The van der Waals surface area contributed by atoms with Gasteiger partial charge in [-0.05, 0) is 36.8 Å². The summed E-state index contributed by atoms with van der Waals surface area (Å²) in [4.78, 5) is 23.3. The summed E-state index contributed by atoms with van der Waals surface area (Å²) in [7, 11) is 0. The third-order valence-electron chi connectivity index (χ3n) is 3.74. The van der Waals surface area contributed by atoms with Crippen molar-refractivity contribution in [3.05, 3.63) is 52.0 Å². The number of anilines is 1. The summed E-state index contributed by atoms with van der Waals surface area (Å²) in [5.41, 5.74) is 8.07. The summed E-state index contributed by atoms with van der Waals surface area (Å²) in [6.45, 7) is 2.02. The molecule has 134 valence electrons. The fraction of sp³-hybridized carbons (Fsp3) is 0.158. The molecule has 0 atom stereocenters. The molecule has 3 rings (SSSR count). The molecule has 0 fully saturated rings. The Balaban J connectivity index is 2.01. The van der Waals surface area contributed by atoms with E-state index in [0.29, 0.717) is 28.2 Å². The third kappa shape index (κ3) is 3.72. The maximum atomic E-state index is 12.3. The minimum absolute atomic E-state index is 0.162. The second-order valence-corrected chi connectivity index (χ2v) is 6.42. The molecule has 2 amide bonds. The molecule has 7 heteroatoms. The van der Waals surface area contributed by atoms with Gasteiger partial charge < -0.3 is 20.5 Å². The number of benzene rings is 2. The van der Waals surface area contributed by atoms with Crippen LogP contribution in [0.25, 0.3) is 11.6 Å². The second-order valence-electron chi connectivity index (χ2n) is 5.57. The number of primary amides is 1. The summed E-state index contributed by atoms with van der Waals surface area (Å²) in [5, 5.41) is 2.84. The Labute approximate surface area is 159 Å². The van der Waals surface area contributed by atoms with Gasteiger partial charge in [0.25, 0.3) is 11.8 Å². The lowest BCUT2D eigenvalue weighted by Gasteiger charge is -2.13. The third-order valence-corrected chi connectivity index (χ3v) is 4.43. The van der Waals surface area contributed by atoms with Gasteiger partial charge in [0.15, 0.2) is 18.1 Å². The highest BCUT2D eigenvalue weighted by Gasteiger charge is 2.24. The van der Waals surface area contributed by atoms with Crippen molar-refractivity contribution in [2.75, 3.05) is 18.5 Å². The lowest BCUT2D eigenvalue weighted by Crippen LogP contribution is -2.20. The number of para-hydroxylation sites is 1. The smallest absolute Gasteiger partial charge is 0.256 e. The highest BCUT2D eigenvalue weighted by Crippen LogP contribution is 2.38. The highest BCUT2D eigenvalue weighted by molar-refractivity contribution is 9.10. The van der Waals surface area contributed by atoms with Gasteiger partial charge >= 0.3 is 0 Å². The maximum absolute atomic E-state index is 12.3. The summed E-state index contributed by atoms with van der Waals surface area (Å²) in [6.07, 6.45) is 1.78. The summed E-state index contributed by atoms with van der Waals surface area (Å²) < 4.78 is 11.7. The number of halogens is 1. The van der Waals surface area contributed by atoms with E-state index < -0.39 is 5.91 Å². The van der Waals surface area contributed by atoms with Crippen molar-refractivity contribution in [3.8, 4) is 11.5 Å². The monoisotopic (exact) mass is 416 g/mol. The maximum Gasteiger partial charge on any atom is 0.256 e. The van der Waals surface area contributed by atoms with Crippen molar-refractivity contribution in [2.45, 2.75) is 6.92 Å². The lowest BCUT2D eigenvalue weighted by molar-refractivity contribution is -0.120. The zero-order valence-corrected chi connectivity index (χ0v) is 15.6. The summed E-state index contributed by atoms with van der Waals surface area (Å²) in [5.74, 6) is 0.130. The number of hydrogen-bond acceptors (Lipinski definition) is 4. The molecule has 26 heavy (non-hydrogen) atoms. The van der Waals surface area contributed by atoms with Crippen molar-refractivity contribution in [3.63, 3.8) is 0 Å². The predicted molar refractivity (Wildman–Crippen MR) is 103 cm³/mol. The van der Waals surface area contributed by atoms with Crippen molar-refractivity contribution in [1.29, 1.82) is 0 Å². The molecule has 0 unspecified atom stereocenters. The molecule has 0 aromatic heterocycles. The van der Waals surface area contributed by atoms with Crippen LogP contribution in [0.3, 0.4) is 0 Å². The van der Waals surface area contributed by atoms with Crippen LogP contribution in [0.5, 0.6) is 11.5 Å². The number of amides is 2. The zero-order valence-electron chi connectivity index (χ0n) is 14.0. The zero-order chi connectivity index (χ0) is 18.7. The molecule has 0 saturated heterocycles. The standard InChI is InChI=1S/C19H17BrN2O4/c1-2-25-16-8-11(14(20)9-17(16)26-10-18(21)23)7-13-12-5-3-4-6-15(12)22-19(13)24/h3-9H,2,10H2,1H3,(H2,21,23)(H,22,24). The van der Waals surface area contributed by atoms with Crippen molar-refractivity contribution in [2.24, 2.45) is 5.73 Å². The van der Waals surface area contributed by atoms with Gasteiger partial charge in [0, 0.05) is 21.3 Å². The minimum Gasteiger partial charge on any atom is -0.490 e. The Morgan fingerprint density at radius 1 is 1.23 bits per heavy atom. The topological polar surface area (TPSA) is 90.7 Å². The Hall–Kier alpha value is -2.80. The molecule has 0 aliphatic carbocycles. The SMILES string of the molecule is CCOc1cc(C=C2C(=O)Nc3ccccc32)c(Br)cc1OCC(N)=O. The molecule has 0 bridgehead atoms. The minimum atomic E-state index is -0.575. The first kappa shape index (κ1) is 18.0. The molecular weight excluding hydrogens is 400 g/mol. The number of carbonyl (C=O) groups excluding carboxylic acids is 2. The summed E-state index contributed by atoms with van der Waals surface area (Å²) >= 11 is 3.48. The molecule has 6 nitrogen and oxygen atoms in total. The second kappa shape index (κ2) is 7.61. The number of fused-ring (bicyclic) bond motifs is 1. The van der Waals surface area contributed by atoms with Crippen molar-refractivity contribution < 1.29 is 19.1 Å². The number of carbonyl (C=O) groups is 2. The van der Waals surface area contributed by atoms with Gasteiger partial charge in [-0.1, -0.05) is 34.1 Å². The van der Waals surface area contributed by atoms with Crippen LogP contribution < -0.4 is 20.5 Å². The van der Waals surface area contributed by atoms with Gasteiger partial charge in [-0.25, -0.2) is 0 Å². The summed E-state index contributed by atoms with van der Waals surface area (Å²) in [6, 6.07) is 10.9. The molecule has 1 aliphatic rings. The Bertz CT molecular complexity index is 908. The van der Waals surface area contributed by atoms with E-state index >= 15 is 0 Å². The molecule has 2 aromatic rings. The Morgan fingerprint density at radius 2 is 1.96 bits per heavy atom. The largest absolute Gasteiger partial charge is 0.490 e. The van der Waals surface area contributed by atoms with Crippen LogP contribution in [0, 0.1) is 0 Å². The van der Waals surface area contributed by atoms with E-state index in [-0.39, 0.29) is 12.5 Å². The first-order valence-electron chi connectivity index (χ1n) is 7.99. The average molecular weight is 417 g/mol. The Kier molecular flexibility index (Phi) is 5.27. The number of nitrogens with one attached hydrogen (secondary N) is 1. The van der Waals surface area contributed by atoms with Crippen LogP contribution in [0.1, 0.15) is 18.1 Å². The fourth-order valence-electron chi connectivity index (χ4n) is 2.63. The molecule has 0 radical (unpaired) electrons. The van der Waals surface area contributed by atoms with E-state index in [9.17, 15) is 9.59 Å². The van der Waals surface area contributed by atoms with Crippen LogP contribution >= 0.6 is 15.9 Å². The highest BCUT2D eigenvalue weighted by atomic mass is 79.9. The van der Waals surface area contributed by atoms with E-state index in [4.69, 9.17) is 15.2 Å². The van der Waals surface area contributed by atoms with Gasteiger partial charge in [0.2, 0.25) is 0 Å². The van der Waals surface area contributed by atoms with Crippen molar-refractivity contribution in [1.82, 2.24) is 0 Å². The van der Waals surface area contributed by atoms with E-state index in [1.54, 1.807) is 18.2 Å². The average Bonchev–Trinajstić information content (AvgIpc) is 2.92. The van der Waals surface area contributed by atoms with E-state index in [2.05, 4.69) is 21.2 Å². The first-order chi connectivity index (χ1) is 12.5. The molecule has 1 aliphatic heterocycles. The number of ether oxygens (including phenoxy) is 2. The molecule has 0 spiro atoms. The first-order valence-corrected chi connectivity index (χ1v) is 8.78. The van der Waals surface area contributed by atoms with Crippen LogP contribution in [0.4, 0.5) is 5.69 Å². The van der Waals surface area contributed by atoms with Crippen molar-refractivity contribution >= 4 is 45.1 Å². The fourth-order valence-corrected chi connectivity index (χ4v) is 3.07. The van der Waals surface area contributed by atoms with Gasteiger partial charge in [-0.3, -0.25) is 9.59 Å². The van der Waals surface area contributed by atoms with E-state index in [0.717, 1.165) is 16.8 Å². The van der Waals surface area contributed by atoms with Gasteiger partial charge in [0.05, 0.1) is 6.61 Å². The number of nitrogens with two attached hydrogens (primary N) is 1. The van der Waals surface area contributed by atoms with Crippen LogP contribution in [0.2, 0.25) is 0 Å². The molecule has 0 saturated carbocycles. The van der Waals surface area contributed by atoms with E-state index in [1.807, 2.05) is 31.2 Å². The predicted octanol–water partition coefficient (Wildman–Crippen LogP) is 3.20. The Morgan fingerprint density at radius 3 is 2.69 bits per heavy atom. The van der Waals surface area contributed by atoms with Crippen LogP contribution in [-0.2, 0) is 9.59 Å². The molecule has 1 heterocycles. The van der Waals surface area contributed by atoms with E-state index in [1.165, 1.54) is 0 Å². The normalized spacial score (nSPS) is 14.1. The molecule has 3 N–H and O–H groups in total. The lowest BCUT2D eigenvalue weighted by atomic mass is 10.0. The van der Waals surface area contributed by atoms with Gasteiger partial charge in [-0.15, -0.1) is 0 Å². The quantitative estimate of drug-likeness (QED) is 0.707. The van der Waals surface area contributed by atoms with Gasteiger partial charge in [-0.2, -0.15) is 0 Å². The molecule has 2 aromatic carbocycles.